The van der Waals surface area contributed by atoms with Gasteiger partial charge in [-0.1, -0.05) is 6.07 Å². The molecule has 1 N–H and O–H groups in total. The number of aromatic nitrogens is 5. The topological polar surface area (TPSA) is 79.7 Å². The number of imidazole rings is 1. The quantitative estimate of drug-likeness (QED) is 0.457. The molecule has 2 aliphatic rings. The van der Waals surface area contributed by atoms with Crippen molar-refractivity contribution in [3.8, 4) is 5.69 Å². The number of aromatic amines is 1. The number of rotatable bonds is 3. The van der Waals surface area contributed by atoms with Crippen LogP contribution in [0.1, 0.15) is 34.6 Å². The highest BCUT2D eigenvalue weighted by Crippen LogP contribution is 2.62. The number of fused-ring (bicyclic) bond motifs is 2. The molecule has 32 heavy (non-hydrogen) atoms. The normalized spacial score (nSPS) is 21.9. The van der Waals surface area contributed by atoms with Crippen molar-refractivity contribution in [3.63, 3.8) is 0 Å². The standard InChI is InChI=1S/C22H17BrF2N6O/c1-11-2-3-17(31-26-5-6-27-31)18(19(11)25)20(32)30-7-4-12-10-22(12,30)21-28-15-8-13(23)14(24)9-16(15)29-21/h2-3,5-6,8-9,12H,4,7,10H2,1H3,(H,28,29)/t12-,22+/m1/s1. The summed E-state index contributed by atoms with van der Waals surface area (Å²) >= 11 is 3.20. The SMILES string of the molecule is Cc1ccc(-n2nccn2)c(C(=O)N2CC[C@@H]3C[C@@]32c2nc3cc(F)c(Br)cc3[nH]2)c1F. The Balaban J connectivity index is 1.46. The van der Waals surface area contributed by atoms with Crippen molar-refractivity contribution >= 4 is 32.9 Å². The van der Waals surface area contributed by atoms with Crippen molar-refractivity contribution < 1.29 is 13.6 Å². The van der Waals surface area contributed by atoms with Crippen LogP contribution in [0.25, 0.3) is 16.7 Å². The molecule has 0 radical (unpaired) electrons. The van der Waals surface area contributed by atoms with Crippen molar-refractivity contribution in [3.05, 3.63) is 69.7 Å². The summed E-state index contributed by atoms with van der Waals surface area (Å²) in [7, 11) is 0. The van der Waals surface area contributed by atoms with Crippen molar-refractivity contribution in [2.24, 2.45) is 5.92 Å². The number of amides is 1. The molecular formula is C22H17BrF2N6O. The first kappa shape index (κ1) is 19.5. The molecule has 1 saturated heterocycles. The maximum absolute atomic E-state index is 15.3. The van der Waals surface area contributed by atoms with Gasteiger partial charge in [0, 0.05) is 12.6 Å². The number of carbonyl (C=O) groups excluding carboxylic acids is 1. The molecule has 2 atom stereocenters. The molecule has 1 amide bonds. The number of hydrogen-bond donors (Lipinski definition) is 1. The predicted octanol–water partition coefficient (Wildman–Crippen LogP) is 4.25. The minimum atomic E-state index is -0.649. The van der Waals surface area contributed by atoms with Gasteiger partial charge in [0.15, 0.2) is 0 Å². The predicted molar refractivity (Wildman–Crippen MR) is 115 cm³/mol. The van der Waals surface area contributed by atoms with Gasteiger partial charge < -0.3 is 9.88 Å². The van der Waals surface area contributed by atoms with Crippen LogP contribution in [0, 0.1) is 24.5 Å². The average Bonchev–Trinajstić information content (AvgIpc) is 3.17. The van der Waals surface area contributed by atoms with Gasteiger partial charge in [-0.05, 0) is 59.3 Å². The lowest BCUT2D eigenvalue weighted by Crippen LogP contribution is -2.40. The maximum Gasteiger partial charge on any atom is 0.259 e. The molecule has 162 valence electrons. The van der Waals surface area contributed by atoms with Gasteiger partial charge in [0.05, 0.1) is 27.9 Å². The number of piperidine rings is 1. The molecule has 2 fully saturated rings. The molecule has 0 spiro atoms. The lowest BCUT2D eigenvalue weighted by molar-refractivity contribution is 0.0675. The molecule has 2 aromatic heterocycles. The van der Waals surface area contributed by atoms with Gasteiger partial charge in [-0.2, -0.15) is 15.0 Å². The van der Waals surface area contributed by atoms with Crippen LogP contribution in [0.3, 0.4) is 0 Å². The fourth-order valence-corrected chi connectivity index (χ4v) is 5.24. The van der Waals surface area contributed by atoms with Gasteiger partial charge in [0.1, 0.15) is 34.2 Å². The lowest BCUT2D eigenvalue weighted by atomic mass is 10.1. The minimum Gasteiger partial charge on any atom is -0.340 e. The number of halogens is 3. The second-order valence-corrected chi connectivity index (χ2v) is 9.20. The third-order valence-electron chi connectivity index (χ3n) is 6.60. The van der Waals surface area contributed by atoms with Gasteiger partial charge in [0.25, 0.3) is 5.91 Å². The largest absolute Gasteiger partial charge is 0.340 e. The Morgan fingerprint density at radius 3 is 2.78 bits per heavy atom. The van der Waals surface area contributed by atoms with Crippen LogP contribution in [0.5, 0.6) is 0 Å². The van der Waals surface area contributed by atoms with Crippen LogP contribution in [0.15, 0.2) is 41.1 Å². The summed E-state index contributed by atoms with van der Waals surface area (Å²) in [5, 5.41) is 8.17. The minimum absolute atomic E-state index is 0.0574. The van der Waals surface area contributed by atoms with Crippen LogP contribution in [0.2, 0.25) is 0 Å². The Labute approximate surface area is 189 Å². The number of H-pyrrole nitrogens is 1. The first-order valence-corrected chi connectivity index (χ1v) is 11.0. The Kier molecular flexibility index (Phi) is 4.08. The zero-order valence-electron chi connectivity index (χ0n) is 16.9. The number of nitrogens with one attached hydrogen (secondary N) is 1. The van der Waals surface area contributed by atoms with E-state index >= 15 is 4.39 Å². The Morgan fingerprint density at radius 2 is 2.03 bits per heavy atom. The number of carbonyl (C=O) groups is 1. The molecule has 0 unspecified atom stereocenters. The summed E-state index contributed by atoms with van der Waals surface area (Å²) in [5.41, 5.74) is 1.12. The summed E-state index contributed by atoms with van der Waals surface area (Å²) < 4.78 is 29.6. The first-order valence-electron chi connectivity index (χ1n) is 10.2. The van der Waals surface area contributed by atoms with E-state index in [4.69, 9.17) is 0 Å². The van der Waals surface area contributed by atoms with E-state index < -0.39 is 23.1 Å². The van der Waals surface area contributed by atoms with Crippen LogP contribution >= 0.6 is 15.9 Å². The fourth-order valence-electron chi connectivity index (χ4n) is 4.90. The molecule has 1 aliphatic carbocycles. The summed E-state index contributed by atoms with van der Waals surface area (Å²) in [5.74, 6) is -0.587. The van der Waals surface area contributed by atoms with E-state index in [0.717, 1.165) is 12.8 Å². The molecule has 2 aromatic carbocycles. The number of hydrogen-bond acceptors (Lipinski definition) is 4. The first-order chi connectivity index (χ1) is 15.4. The second-order valence-electron chi connectivity index (χ2n) is 8.35. The molecule has 10 heteroatoms. The summed E-state index contributed by atoms with van der Waals surface area (Å²) in [6, 6.07) is 6.25. The molecule has 0 bridgehead atoms. The van der Waals surface area contributed by atoms with E-state index in [1.165, 1.54) is 23.3 Å². The third kappa shape index (κ3) is 2.62. The van der Waals surface area contributed by atoms with Gasteiger partial charge in [-0.15, -0.1) is 0 Å². The van der Waals surface area contributed by atoms with Crippen LogP contribution in [0.4, 0.5) is 8.78 Å². The number of likely N-dealkylation sites (tertiary alicyclic amines) is 1. The smallest absolute Gasteiger partial charge is 0.259 e. The molecule has 1 aliphatic heterocycles. The van der Waals surface area contributed by atoms with E-state index in [1.54, 1.807) is 30.0 Å². The van der Waals surface area contributed by atoms with E-state index in [0.29, 0.717) is 33.4 Å². The molecule has 6 rings (SSSR count). The van der Waals surface area contributed by atoms with Crippen molar-refractivity contribution in [2.45, 2.75) is 25.3 Å². The molecule has 7 nitrogen and oxygen atoms in total. The summed E-state index contributed by atoms with van der Waals surface area (Å²) in [6.07, 6.45) is 4.48. The van der Waals surface area contributed by atoms with Gasteiger partial charge in [-0.3, -0.25) is 4.79 Å². The van der Waals surface area contributed by atoms with Gasteiger partial charge in [0.2, 0.25) is 0 Å². The molecule has 3 heterocycles. The van der Waals surface area contributed by atoms with Crippen LogP contribution in [-0.4, -0.2) is 42.3 Å². The van der Waals surface area contributed by atoms with E-state index in [2.05, 4.69) is 36.1 Å². The zero-order chi connectivity index (χ0) is 22.2. The van der Waals surface area contributed by atoms with E-state index in [-0.39, 0.29) is 17.2 Å². The second kappa shape index (κ2) is 6.68. The Morgan fingerprint density at radius 1 is 1.25 bits per heavy atom. The Hall–Kier alpha value is -3.14. The highest BCUT2D eigenvalue weighted by atomic mass is 79.9. The van der Waals surface area contributed by atoms with Crippen LogP contribution in [-0.2, 0) is 5.54 Å². The number of benzene rings is 2. The van der Waals surface area contributed by atoms with E-state index in [9.17, 15) is 9.18 Å². The lowest BCUT2D eigenvalue weighted by Gasteiger charge is -2.28. The average molecular weight is 499 g/mol. The van der Waals surface area contributed by atoms with Crippen molar-refractivity contribution in [1.29, 1.82) is 0 Å². The fraction of sp³-hybridized carbons (Fsp3) is 0.273. The summed E-state index contributed by atoms with van der Waals surface area (Å²) in [6.45, 7) is 2.11. The van der Waals surface area contributed by atoms with E-state index in [1.807, 2.05) is 0 Å². The zero-order valence-corrected chi connectivity index (χ0v) is 18.5. The molecule has 4 aromatic rings. The monoisotopic (exact) mass is 498 g/mol. The maximum atomic E-state index is 15.3. The highest BCUT2D eigenvalue weighted by Gasteiger charge is 2.66. The highest BCUT2D eigenvalue weighted by molar-refractivity contribution is 9.10. The van der Waals surface area contributed by atoms with Gasteiger partial charge in [-0.25, -0.2) is 13.8 Å². The van der Waals surface area contributed by atoms with Gasteiger partial charge >= 0.3 is 0 Å². The molecule has 1 saturated carbocycles. The number of aryl methyl sites for hydroxylation is 1. The molecular weight excluding hydrogens is 482 g/mol. The third-order valence-corrected chi connectivity index (χ3v) is 7.20. The van der Waals surface area contributed by atoms with Crippen molar-refractivity contribution in [2.75, 3.05) is 6.54 Å². The number of nitrogens with zero attached hydrogens (tertiary/aromatic N) is 5. The van der Waals surface area contributed by atoms with Crippen LogP contribution < -0.4 is 0 Å². The Bertz CT molecular complexity index is 1360. The summed E-state index contributed by atoms with van der Waals surface area (Å²) in [4.78, 5) is 24.6. The van der Waals surface area contributed by atoms with Crippen molar-refractivity contribution in [1.82, 2.24) is 29.9 Å².